The van der Waals surface area contributed by atoms with Crippen molar-refractivity contribution in [1.82, 2.24) is 5.32 Å². The molecule has 1 spiro atoms. The molecule has 4 rings (SSSR count). The number of hydrogen-bond donors (Lipinski definition) is 1. The summed E-state index contributed by atoms with van der Waals surface area (Å²) in [5.41, 5.74) is 3.89. The van der Waals surface area contributed by atoms with Crippen LogP contribution in [0.1, 0.15) is 43.2 Å². The molecule has 19 heavy (non-hydrogen) atoms. The van der Waals surface area contributed by atoms with Gasteiger partial charge in [-0.05, 0) is 60.7 Å². The van der Waals surface area contributed by atoms with Gasteiger partial charge in [-0.2, -0.15) is 0 Å². The Hall–Kier alpha value is -0.820. The molecule has 1 aromatic rings. The normalized spacial score (nSPS) is 29.8. The second-order valence-corrected chi connectivity index (χ2v) is 7.09. The van der Waals surface area contributed by atoms with Gasteiger partial charge in [0.25, 0.3) is 0 Å². The fourth-order valence-corrected chi connectivity index (χ4v) is 5.19. The maximum atomic E-state index is 3.69. The first-order valence-corrected chi connectivity index (χ1v) is 8.15. The van der Waals surface area contributed by atoms with E-state index in [-0.39, 0.29) is 0 Å². The summed E-state index contributed by atoms with van der Waals surface area (Å²) in [6.45, 7) is 2.51. The van der Waals surface area contributed by atoms with Crippen LogP contribution >= 0.6 is 0 Å². The smallest absolute Gasteiger partial charge is 0.00123 e. The summed E-state index contributed by atoms with van der Waals surface area (Å²) in [6, 6.07) is 9.20. The van der Waals surface area contributed by atoms with Crippen LogP contribution in [0.5, 0.6) is 0 Å². The molecule has 3 aliphatic rings. The van der Waals surface area contributed by atoms with E-state index in [1.165, 1.54) is 58.0 Å². The molecule has 1 aromatic carbocycles. The van der Waals surface area contributed by atoms with Crippen LogP contribution in [0.15, 0.2) is 24.3 Å². The maximum absolute atomic E-state index is 3.69. The Labute approximate surface area is 116 Å². The minimum Gasteiger partial charge on any atom is -0.316 e. The van der Waals surface area contributed by atoms with E-state index in [1.807, 2.05) is 0 Å². The van der Waals surface area contributed by atoms with Crippen molar-refractivity contribution >= 4 is 0 Å². The van der Waals surface area contributed by atoms with Gasteiger partial charge in [0.15, 0.2) is 0 Å². The average Bonchev–Trinajstić information content (AvgIpc) is 3.06. The lowest BCUT2D eigenvalue weighted by Gasteiger charge is -2.45. The summed E-state index contributed by atoms with van der Waals surface area (Å²) < 4.78 is 0. The van der Waals surface area contributed by atoms with Crippen LogP contribution in [0.2, 0.25) is 0 Å². The molecule has 1 nitrogen and oxygen atoms in total. The van der Waals surface area contributed by atoms with Crippen molar-refractivity contribution in [1.29, 1.82) is 0 Å². The molecule has 1 heterocycles. The SMILES string of the molecule is c1ccc2c(c1)CC1(CCNCC1C1CCCC1)C2. The largest absolute Gasteiger partial charge is 0.316 e. The van der Waals surface area contributed by atoms with Gasteiger partial charge in [-0.3, -0.25) is 0 Å². The highest BCUT2D eigenvalue weighted by Gasteiger charge is 2.47. The van der Waals surface area contributed by atoms with Gasteiger partial charge in [0.2, 0.25) is 0 Å². The molecule has 1 atom stereocenters. The molecule has 1 unspecified atom stereocenters. The molecule has 0 bridgehead atoms. The van der Waals surface area contributed by atoms with Crippen LogP contribution in [0, 0.1) is 17.3 Å². The molecule has 102 valence electrons. The van der Waals surface area contributed by atoms with Crippen molar-refractivity contribution in [3.63, 3.8) is 0 Å². The van der Waals surface area contributed by atoms with E-state index in [2.05, 4.69) is 29.6 Å². The highest BCUT2D eigenvalue weighted by Crippen LogP contribution is 2.51. The molecular weight excluding hydrogens is 230 g/mol. The molecule has 2 aliphatic carbocycles. The van der Waals surface area contributed by atoms with Gasteiger partial charge in [-0.25, -0.2) is 0 Å². The zero-order valence-corrected chi connectivity index (χ0v) is 11.8. The maximum Gasteiger partial charge on any atom is -0.00123 e. The van der Waals surface area contributed by atoms with E-state index in [4.69, 9.17) is 0 Å². The number of nitrogens with one attached hydrogen (secondary N) is 1. The quantitative estimate of drug-likeness (QED) is 0.809. The van der Waals surface area contributed by atoms with E-state index in [0.29, 0.717) is 5.41 Å². The van der Waals surface area contributed by atoms with Crippen molar-refractivity contribution in [2.75, 3.05) is 13.1 Å². The lowest BCUT2D eigenvalue weighted by molar-refractivity contribution is 0.0701. The van der Waals surface area contributed by atoms with E-state index in [9.17, 15) is 0 Å². The van der Waals surface area contributed by atoms with Crippen molar-refractivity contribution in [3.05, 3.63) is 35.4 Å². The fraction of sp³-hybridized carbons (Fsp3) is 0.667. The lowest BCUT2D eigenvalue weighted by Crippen LogP contribution is -2.48. The molecule has 1 aliphatic heterocycles. The molecular formula is C18H25N. The Morgan fingerprint density at radius 3 is 2.37 bits per heavy atom. The third kappa shape index (κ3) is 1.94. The van der Waals surface area contributed by atoms with Crippen molar-refractivity contribution in [2.45, 2.75) is 44.9 Å². The molecule has 0 radical (unpaired) electrons. The summed E-state index contributed by atoms with van der Waals surface area (Å²) in [7, 11) is 0. The standard InChI is InChI=1S/C18H25N/c1-2-6-14(5-1)17-13-19-10-9-18(17)11-15-7-3-4-8-16(15)12-18/h3-4,7-8,14,17,19H,1-2,5-6,9-13H2. The van der Waals surface area contributed by atoms with E-state index < -0.39 is 0 Å². The highest BCUT2D eigenvalue weighted by atomic mass is 14.9. The minimum absolute atomic E-state index is 0.601. The zero-order valence-electron chi connectivity index (χ0n) is 11.8. The molecule has 1 saturated heterocycles. The Balaban J connectivity index is 1.64. The highest BCUT2D eigenvalue weighted by molar-refractivity contribution is 5.35. The summed E-state index contributed by atoms with van der Waals surface area (Å²) in [5, 5.41) is 3.69. The molecule has 1 N–H and O–H groups in total. The zero-order chi connectivity index (χ0) is 12.7. The average molecular weight is 255 g/mol. The van der Waals surface area contributed by atoms with E-state index in [0.717, 1.165) is 11.8 Å². The monoisotopic (exact) mass is 255 g/mol. The van der Waals surface area contributed by atoms with Gasteiger partial charge in [0.05, 0.1) is 0 Å². The minimum atomic E-state index is 0.601. The Morgan fingerprint density at radius 1 is 1.00 bits per heavy atom. The number of benzene rings is 1. The number of hydrogen-bond acceptors (Lipinski definition) is 1. The third-order valence-electron chi connectivity index (χ3n) is 6.12. The predicted molar refractivity (Wildman–Crippen MR) is 79.2 cm³/mol. The van der Waals surface area contributed by atoms with Crippen LogP contribution in [0.25, 0.3) is 0 Å². The van der Waals surface area contributed by atoms with Gasteiger partial charge in [0, 0.05) is 0 Å². The van der Waals surface area contributed by atoms with E-state index >= 15 is 0 Å². The van der Waals surface area contributed by atoms with E-state index in [1.54, 1.807) is 11.1 Å². The number of fused-ring (bicyclic) bond motifs is 1. The predicted octanol–water partition coefficient (Wildman–Crippen LogP) is 3.57. The van der Waals surface area contributed by atoms with Gasteiger partial charge >= 0.3 is 0 Å². The van der Waals surface area contributed by atoms with Crippen LogP contribution in [-0.2, 0) is 12.8 Å². The van der Waals surface area contributed by atoms with Crippen LogP contribution < -0.4 is 5.32 Å². The molecule has 0 amide bonds. The van der Waals surface area contributed by atoms with Crippen LogP contribution in [-0.4, -0.2) is 13.1 Å². The topological polar surface area (TPSA) is 12.0 Å². The third-order valence-corrected chi connectivity index (χ3v) is 6.12. The van der Waals surface area contributed by atoms with Gasteiger partial charge < -0.3 is 5.32 Å². The van der Waals surface area contributed by atoms with Gasteiger partial charge in [0.1, 0.15) is 0 Å². The van der Waals surface area contributed by atoms with Crippen molar-refractivity contribution in [3.8, 4) is 0 Å². The lowest BCUT2D eigenvalue weighted by atomic mass is 9.63. The van der Waals surface area contributed by atoms with Gasteiger partial charge in [-0.1, -0.05) is 49.9 Å². The summed E-state index contributed by atoms with van der Waals surface area (Å²) in [4.78, 5) is 0. The molecule has 1 heteroatoms. The number of rotatable bonds is 1. The Bertz CT molecular complexity index is 434. The molecule has 0 aromatic heterocycles. The second-order valence-electron chi connectivity index (χ2n) is 7.09. The molecule has 1 saturated carbocycles. The number of piperidine rings is 1. The first kappa shape index (κ1) is 12.0. The Kier molecular flexibility index (Phi) is 2.91. The van der Waals surface area contributed by atoms with Crippen LogP contribution in [0.3, 0.4) is 0 Å². The van der Waals surface area contributed by atoms with Crippen LogP contribution in [0.4, 0.5) is 0 Å². The summed E-state index contributed by atoms with van der Waals surface area (Å²) in [5.74, 6) is 1.93. The Morgan fingerprint density at radius 2 is 1.68 bits per heavy atom. The van der Waals surface area contributed by atoms with Gasteiger partial charge in [-0.15, -0.1) is 0 Å². The second kappa shape index (κ2) is 4.63. The van der Waals surface area contributed by atoms with Crippen molar-refractivity contribution < 1.29 is 0 Å². The summed E-state index contributed by atoms with van der Waals surface area (Å²) >= 11 is 0. The first-order chi connectivity index (χ1) is 9.37. The summed E-state index contributed by atoms with van der Waals surface area (Å²) in [6.07, 6.45) is 10.0. The van der Waals surface area contributed by atoms with Crippen molar-refractivity contribution in [2.24, 2.45) is 17.3 Å². The molecule has 2 fully saturated rings. The fourth-order valence-electron chi connectivity index (χ4n) is 5.19. The first-order valence-electron chi connectivity index (χ1n) is 8.15.